The van der Waals surface area contributed by atoms with E-state index in [9.17, 15) is 4.79 Å². The number of hydrogen-bond acceptors (Lipinski definition) is 6. The molecule has 0 unspecified atom stereocenters. The summed E-state index contributed by atoms with van der Waals surface area (Å²) in [4.78, 5) is 22.0. The van der Waals surface area contributed by atoms with Gasteiger partial charge in [0, 0.05) is 37.9 Å². The summed E-state index contributed by atoms with van der Waals surface area (Å²) in [5, 5.41) is 2.89. The van der Waals surface area contributed by atoms with Crippen LogP contribution in [0.4, 0.5) is 0 Å². The summed E-state index contributed by atoms with van der Waals surface area (Å²) in [6, 6.07) is 0.250. The molecule has 1 aliphatic heterocycles. The number of nitrogens with one attached hydrogen (secondary N) is 1. The maximum atomic E-state index is 12.0. The smallest absolute Gasteiger partial charge is 0.316 e. The molecule has 1 atom stereocenters. The number of likely N-dealkylation sites (N-methyl/N-ethyl adjacent to an activating group) is 1. The number of rotatable bonds is 4. The van der Waals surface area contributed by atoms with Gasteiger partial charge in [-0.25, -0.2) is 9.97 Å². The third-order valence-electron chi connectivity index (χ3n) is 3.16. The highest BCUT2D eigenvalue weighted by Crippen LogP contribution is 2.05. The third-order valence-corrected chi connectivity index (χ3v) is 3.16. The van der Waals surface area contributed by atoms with E-state index in [2.05, 4.69) is 27.2 Å². The van der Waals surface area contributed by atoms with Crippen LogP contribution in [0.15, 0.2) is 12.4 Å². The topological polar surface area (TPSA) is 76.6 Å². The van der Waals surface area contributed by atoms with Gasteiger partial charge in [0.15, 0.2) is 0 Å². The molecule has 1 saturated heterocycles. The maximum Gasteiger partial charge on any atom is 0.316 e. The standard InChI is InChI=1S/C13H20N4O3/c1-17-3-4-20-9-10(8-17)5-14-12(18)11-6-15-13(19-2)16-7-11/h6-7,10H,3-5,8-9H2,1-2H3,(H,14,18)/t10-/m0/s1. The molecule has 7 nitrogen and oxygen atoms in total. The number of carbonyl (C=O) groups is 1. The van der Waals surface area contributed by atoms with Crippen LogP contribution in [-0.4, -0.2) is 67.8 Å². The highest BCUT2D eigenvalue weighted by Gasteiger charge is 2.17. The summed E-state index contributed by atoms with van der Waals surface area (Å²) >= 11 is 0. The van der Waals surface area contributed by atoms with Crippen molar-refractivity contribution in [3.63, 3.8) is 0 Å². The second kappa shape index (κ2) is 7.16. The van der Waals surface area contributed by atoms with E-state index < -0.39 is 0 Å². The van der Waals surface area contributed by atoms with Crippen molar-refractivity contribution in [3.8, 4) is 6.01 Å². The number of nitrogens with zero attached hydrogens (tertiary/aromatic N) is 3. The normalized spacial score (nSPS) is 20.2. The van der Waals surface area contributed by atoms with Gasteiger partial charge in [-0.3, -0.25) is 4.79 Å². The fourth-order valence-corrected chi connectivity index (χ4v) is 2.06. The van der Waals surface area contributed by atoms with E-state index in [0.717, 1.165) is 19.7 Å². The molecular weight excluding hydrogens is 260 g/mol. The molecule has 0 spiro atoms. The van der Waals surface area contributed by atoms with Crippen LogP contribution >= 0.6 is 0 Å². The molecule has 1 aromatic rings. The minimum atomic E-state index is -0.181. The van der Waals surface area contributed by atoms with E-state index in [-0.39, 0.29) is 11.9 Å². The first kappa shape index (κ1) is 14.7. The van der Waals surface area contributed by atoms with Crippen LogP contribution in [0.5, 0.6) is 6.01 Å². The molecule has 1 aromatic heterocycles. The van der Waals surface area contributed by atoms with E-state index in [1.807, 2.05) is 0 Å². The summed E-state index contributed by atoms with van der Waals surface area (Å²) in [6.45, 7) is 3.84. The van der Waals surface area contributed by atoms with Crippen molar-refractivity contribution in [2.24, 2.45) is 5.92 Å². The quantitative estimate of drug-likeness (QED) is 0.822. The Bertz CT molecular complexity index is 438. The molecule has 2 rings (SSSR count). The zero-order chi connectivity index (χ0) is 14.4. The van der Waals surface area contributed by atoms with Crippen molar-refractivity contribution in [3.05, 3.63) is 18.0 Å². The Balaban J connectivity index is 1.84. The van der Waals surface area contributed by atoms with Gasteiger partial charge in [0.05, 0.1) is 25.9 Å². The Morgan fingerprint density at radius 3 is 3.00 bits per heavy atom. The lowest BCUT2D eigenvalue weighted by Crippen LogP contribution is -2.35. The lowest BCUT2D eigenvalue weighted by molar-refractivity contribution is 0.0920. The zero-order valence-electron chi connectivity index (χ0n) is 11.8. The molecule has 1 amide bonds. The molecule has 20 heavy (non-hydrogen) atoms. The SMILES string of the molecule is COc1ncc(C(=O)NC[C@@H]2COCCN(C)C2)cn1. The minimum absolute atomic E-state index is 0.181. The maximum absolute atomic E-state index is 12.0. The van der Waals surface area contributed by atoms with E-state index in [1.54, 1.807) is 0 Å². The second-order valence-corrected chi connectivity index (χ2v) is 4.87. The average Bonchev–Trinajstić information content (AvgIpc) is 2.69. The van der Waals surface area contributed by atoms with Gasteiger partial charge in [0.1, 0.15) is 0 Å². The Morgan fingerprint density at radius 2 is 2.30 bits per heavy atom. The first-order valence-electron chi connectivity index (χ1n) is 6.59. The van der Waals surface area contributed by atoms with E-state index >= 15 is 0 Å². The van der Waals surface area contributed by atoms with Crippen molar-refractivity contribution in [1.29, 1.82) is 0 Å². The second-order valence-electron chi connectivity index (χ2n) is 4.87. The van der Waals surface area contributed by atoms with Crippen LogP contribution < -0.4 is 10.1 Å². The predicted molar refractivity (Wildman–Crippen MR) is 72.7 cm³/mol. The molecular formula is C13H20N4O3. The van der Waals surface area contributed by atoms with Crippen LogP contribution in [0, 0.1) is 5.92 Å². The fourth-order valence-electron chi connectivity index (χ4n) is 2.06. The Morgan fingerprint density at radius 1 is 1.55 bits per heavy atom. The molecule has 0 aromatic carbocycles. The van der Waals surface area contributed by atoms with Crippen LogP contribution in [0.2, 0.25) is 0 Å². The summed E-state index contributed by atoms with van der Waals surface area (Å²) in [6.07, 6.45) is 2.91. The zero-order valence-corrected chi connectivity index (χ0v) is 11.8. The molecule has 0 radical (unpaired) electrons. The van der Waals surface area contributed by atoms with E-state index in [0.29, 0.717) is 24.6 Å². The van der Waals surface area contributed by atoms with E-state index in [1.165, 1.54) is 19.5 Å². The first-order valence-corrected chi connectivity index (χ1v) is 6.59. The van der Waals surface area contributed by atoms with Gasteiger partial charge in [-0.2, -0.15) is 0 Å². The molecule has 110 valence electrons. The number of methoxy groups -OCH3 is 1. The number of amides is 1. The Hall–Kier alpha value is -1.73. The largest absolute Gasteiger partial charge is 0.467 e. The average molecular weight is 280 g/mol. The molecule has 0 saturated carbocycles. The van der Waals surface area contributed by atoms with Crippen LogP contribution in [0.1, 0.15) is 10.4 Å². The summed E-state index contributed by atoms with van der Waals surface area (Å²) in [7, 11) is 3.54. The molecule has 1 N–H and O–H groups in total. The number of ether oxygens (including phenoxy) is 2. The molecule has 1 aliphatic rings. The van der Waals surface area contributed by atoms with Crippen LogP contribution in [0.25, 0.3) is 0 Å². The molecule has 2 heterocycles. The number of aromatic nitrogens is 2. The first-order chi connectivity index (χ1) is 9.69. The summed E-state index contributed by atoms with van der Waals surface area (Å²) in [5.41, 5.74) is 0.425. The lowest BCUT2D eigenvalue weighted by atomic mass is 10.1. The number of hydrogen-bond donors (Lipinski definition) is 1. The highest BCUT2D eigenvalue weighted by atomic mass is 16.5. The molecule has 1 fully saturated rings. The van der Waals surface area contributed by atoms with Gasteiger partial charge in [0.25, 0.3) is 5.91 Å². The summed E-state index contributed by atoms with van der Waals surface area (Å²) in [5.74, 6) is 0.116. The van der Waals surface area contributed by atoms with Gasteiger partial charge in [-0.1, -0.05) is 0 Å². The Labute approximate surface area is 118 Å². The van der Waals surface area contributed by atoms with Gasteiger partial charge in [-0.15, -0.1) is 0 Å². The monoisotopic (exact) mass is 280 g/mol. The third kappa shape index (κ3) is 4.14. The van der Waals surface area contributed by atoms with Crippen molar-refractivity contribution >= 4 is 5.91 Å². The van der Waals surface area contributed by atoms with Gasteiger partial charge < -0.3 is 19.7 Å². The highest BCUT2D eigenvalue weighted by molar-refractivity contribution is 5.93. The Kier molecular flexibility index (Phi) is 5.25. The van der Waals surface area contributed by atoms with Crippen molar-refractivity contribution in [2.75, 3.05) is 47.0 Å². The summed E-state index contributed by atoms with van der Waals surface area (Å²) < 4.78 is 10.4. The van der Waals surface area contributed by atoms with E-state index in [4.69, 9.17) is 9.47 Å². The lowest BCUT2D eigenvalue weighted by Gasteiger charge is -2.19. The van der Waals surface area contributed by atoms with Gasteiger partial charge >= 0.3 is 6.01 Å². The van der Waals surface area contributed by atoms with Gasteiger partial charge in [0.2, 0.25) is 0 Å². The predicted octanol–water partition coefficient (Wildman–Crippen LogP) is -0.207. The molecule has 0 aliphatic carbocycles. The number of carbonyl (C=O) groups excluding carboxylic acids is 1. The molecule has 7 heteroatoms. The van der Waals surface area contributed by atoms with Crippen LogP contribution in [0.3, 0.4) is 0 Å². The minimum Gasteiger partial charge on any atom is -0.467 e. The van der Waals surface area contributed by atoms with Gasteiger partial charge in [-0.05, 0) is 7.05 Å². The fraction of sp³-hybridized carbons (Fsp3) is 0.615. The van der Waals surface area contributed by atoms with Crippen LogP contribution in [-0.2, 0) is 4.74 Å². The van der Waals surface area contributed by atoms with Crippen molar-refractivity contribution in [2.45, 2.75) is 0 Å². The van der Waals surface area contributed by atoms with Crippen molar-refractivity contribution in [1.82, 2.24) is 20.2 Å². The molecule has 0 bridgehead atoms. The van der Waals surface area contributed by atoms with Crippen molar-refractivity contribution < 1.29 is 14.3 Å².